The van der Waals surface area contributed by atoms with Gasteiger partial charge in [-0.2, -0.15) is 0 Å². The van der Waals surface area contributed by atoms with Crippen LogP contribution in [0.4, 0.5) is 0 Å². The molecule has 1 rings (SSSR count). The Labute approximate surface area is 343 Å². The molecular formula is C45H75O11P. The Balaban J connectivity index is 2.31. The molecule has 0 aliphatic heterocycles. The van der Waals surface area contributed by atoms with E-state index in [0.29, 0.717) is 32.1 Å². The van der Waals surface area contributed by atoms with Crippen LogP contribution in [0.5, 0.6) is 0 Å². The number of phosphoric acid groups is 1. The summed E-state index contributed by atoms with van der Waals surface area (Å²) in [6, 6.07) is 0. The second-order valence-corrected chi connectivity index (χ2v) is 16.2. The first-order chi connectivity index (χ1) is 27.5. The van der Waals surface area contributed by atoms with Crippen LogP contribution in [0.15, 0.2) is 72.9 Å². The van der Waals surface area contributed by atoms with E-state index in [-0.39, 0.29) is 31.1 Å². The third-order valence-corrected chi connectivity index (χ3v) is 10.3. The summed E-state index contributed by atoms with van der Waals surface area (Å²) >= 11 is 0. The van der Waals surface area contributed by atoms with Crippen LogP contribution < -0.4 is 0 Å². The van der Waals surface area contributed by atoms with Gasteiger partial charge in [0.05, 0.1) is 24.9 Å². The predicted octanol–water partition coefficient (Wildman–Crippen LogP) is 9.45. The van der Waals surface area contributed by atoms with E-state index in [1.165, 1.54) is 25.7 Å². The third-order valence-electron chi connectivity index (χ3n) is 9.77. The van der Waals surface area contributed by atoms with Crippen LogP contribution in [0.3, 0.4) is 0 Å². The fourth-order valence-corrected chi connectivity index (χ4v) is 6.83. The number of ether oxygens (including phenoxy) is 2. The number of hydrogen-bond acceptors (Lipinski definition) is 9. The van der Waals surface area contributed by atoms with E-state index in [1.807, 2.05) is 18.2 Å². The van der Waals surface area contributed by atoms with Gasteiger partial charge in [0.15, 0.2) is 6.10 Å². The van der Waals surface area contributed by atoms with Gasteiger partial charge in [-0.15, -0.1) is 0 Å². The molecule has 0 bridgehead atoms. The second-order valence-electron chi connectivity index (χ2n) is 14.9. The smallest absolute Gasteiger partial charge is 0.462 e. The first-order valence-electron chi connectivity index (χ1n) is 21.5. The van der Waals surface area contributed by atoms with Crippen molar-refractivity contribution in [2.24, 2.45) is 11.8 Å². The van der Waals surface area contributed by atoms with Gasteiger partial charge in [-0.25, -0.2) is 4.57 Å². The molecule has 1 fully saturated rings. The van der Waals surface area contributed by atoms with Crippen molar-refractivity contribution in [3.8, 4) is 0 Å². The quantitative estimate of drug-likeness (QED) is 0.0181. The Bertz CT molecular complexity index is 1270. The number of esters is 2. The van der Waals surface area contributed by atoms with Crippen LogP contribution >= 0.6 is 7.82 Å². The van der Waals surface area contributed by atoms with Crippen LogP contribution in [0.1, 0.15) is 149 Å². The summed E-state index contributed by atoms with van der Waals surface area (Å²) in [6.07, 6.45) is 38.6. The number of hydrogen-bond donors (Lipinski definition) is 5. The zero-order valence-electron chi connectivity index (χ0n) is 34.8. The van der Waals surface area contributed by atoms with E-state index >= 15 is 0 Å². The zero-order valence-corrected chi connectivity index (χ0v) is 35.7. The third kappa shape index (κ3) is 30.1. The highest BCUT2D eigenvalue weighted by Gasteiger charge is 2.39. The van der Waals surface area contributed by atoms with Crippen molar-refractivity contribution < 1.29 is 53.3 Å². The minimum atomic E-state index is -4.83. The Morgan fingerprint density at radius 3 is 1.88 bits per heavy atom. The average molecular weight is 823 g/mol. The molecule has 1 saturated carbocycles. The molecule has 1 aliphatic rings. The number of aliphatic hydroxyl groups is 3. The zero-order chi connectivity index (χ0) is 42.0. The number of allylic oxidation sites excluding steroid dienone is 10. The standard InChI is InChI=1S/C45H75O11P/c1-3-5-7-8-9-10-11-12-13-14-15-16-17-18-19-20-21-22-28-32-45(50)56-39(37-55-57(51,52)53)36-54-44(49)31-27-24-23-26-30-40-41(43(48)35-42(40)47)34-33-38(46)29-25-6-4-2/h9-10,12-13,15-16,18-19,23,26,33-34,38-43,46-48H,3-8,11,14,17,20-22,24-25,27-32,35-37H2,1-2H3,(H2,51,52,53)/b10-9-,13-12-,16-15-,19-18-,26-23+,34-33+/t38-,39+,40+,41+,42-,43+/m0/s1. The van der Waals surface area contributed by atoms with Crippen molar-refractivity contribution in [3.63, 3.8) is 0 Å². The fraction of sp³-hybridized carbons (Fsp3) is 0.689. The molecule has 0 saturated heterocycles. The van der Waals surface area contributed by atoms with Crippen molar-refractivity contribution in [3.05, 3.63) is 72.9 Å². The van der Waals surface area contributed by atoms with E-state index in [2.05, 4.69) is 67.0 Å². The lowest BCUT2D eigenvalue weighted by molar-refractivity contribution is -0.161. The van der Waals surface area contributed by atoms with Crippen LogP contribution in [0.2, 0.25) is 0 Å². The van der Waals surface area contributed by atoms with Gasteiger partial charge in [-0.05, 0) is 83.0 Å². The molecule has 0 spiro atoms. The molecule has 0 radical (unpaired) electrons. The number of phosphoric ester groups is 1. The Hall–Kier alpha value is -2.63. The SMILES string of the molecule is CCCCC/C=C\C/C=C\C/C=C\C/C=C\CCCCCC(=O)O[C@H](COC(=O)CCC/C=C/C[C@@H]1[C@@H](/C=C/[C@@H](O)CCCCC)[C@H](O)C[C@@H]1O)COP(=O)(O)O. The molecule has 326 valence electrons. The minimum Gasteiger partial charge on any atom is -0.462 e. The number of aliphatic hydroxyl groups excluding tert-OH is 3. The largest absolute Gasteiger partial charge is 0.469 e. The van der Waals surface area contributed by atoms with Crippen molar-refractivity contribution in [2.45, 2.75) is 173 Å². The average Bonchev–Trinajstić information content (AvgIpc) is 3.44. The summed E-state index contributed by atoms with van der Waals surface area (Å²) in [6.45, 7) is 3.31. The Morgan fingerprint density at radius 1 is 0.684 bits per heavy atom. The molecule has 0 amide bonds. The van der Waals surface area contributed by atoms with E-state index in [4.69, 9.17) is 19.3 Å². The lowest BCUT2D eigenvalue weighted by atomic mass is 9.89. The van der Waals surface area contributed by atoms with Crippen LogP contribution in [-0.4, -0.2) is 74.7 Å². The first kappa shape index (κ1) is 52.4. The van der Waals surface area contributed by atoms with Gasteiger partial charge in [-0.1, -0.05) is 125 Å². The van der Waals surface area contributed by atoms with Crippen LogP contribution in [0, 0.1) is 11.8 Å². The monoisotopic (exact) mass is 823 g/mol. The molecule has 1 aliphatic carbocycles. The van der Waals surface area contributed by atoms with Crippen LogP contribution in [-0.2, 0) is 28.2 Å². The molecule has 57 heavy (non-hydrogen) atoms. The second kappa shape index (κ2) is 34.3. The Morgan fingerprint density at radius 2 is 1.25 bits per heavy atom. The number of unbranched alkanes of at least 4 members (excludes halogenated alkanes) is 9. The first-order valence-corrected chi connectivity index (χ1v) is 23.0. The maximum Gasteiger partial charge on any atom is 0.469 e. The molecule has 12 heteroatoms. The van der Waals surface area contributed by atoms with E-state index < -0.39 is 57.4 Å². The summed E-state index contributed by atoms with van der Waals surface area (Å²) in [5.41, 5.74) is 0. The van der Waals surface area contributed by atoms with Crippen molar-refractivity contribution in [2.75, 3.05) is 13.2 Å². The van der Waals surface area contributed by atoms with E-state index in [9.17, 15) is 29.5 Å². The maximum atomic E-state index is 12.5. The lowest BCUT2D eigenvalue weighted by Crippen LogP contribution is -2.29. The molecule has 5 N–H and O–H groups in total. The summed E-state index contributed by atoms with van der Waals surface area (Å²) in [4.78, 5) is 43.1. The number of carbonyl (C=O) groups is 2. The van der Waals surface area contributed by atoms with Gasteiger partial charge >= 0.3 is 19.8 Å². The molecular weight excluding hydrogens is 747 g/mol. The fourth-order valence-electron chi connectivity index (χ4n) is 6.47. The normalized spacial score (nSPS) is 20.3. The van der Waals surface area contributed by atoms with E-state index in [0.717, 1.165) is 57.8 Å². The Kier molecular flexibility index (Phi) is 31.5. The van der Waals surface area contributed by atoms with Gasteiger partial charge < -0.3 is 34.6 Å². The molecule has 6 atom stereocenters. The van der Waals surface area contributed by atoms with Gasteiger partial charge in [-0.3, -0.25) is 14.1 Å². The highest BCUT2D eigenvalue weighted by Crippen LogP contribution is 2.37. The summed E-state index contributed by atoms with van der Waals surface area (Å²) in [5.74, 6) is -1.53. The van der Waals surface area contributed by atoms with Gasteiger partial charge in [0.25, 0.3) is 0 Å². The summed E-state index contributed by atoms with van der Waals surface area (Å²) in [7, 11) is -4.83. The number of rotatable bonds is 34. The van der Waals surface area contributed by atoms with Gasteiger partial charge in [0, 0.05) is 25.2 Å². The molecule has 0 heterocycles. The van der Waals surface area contributed by atoms with E-state index in [1.54, 1.807) is 6.08 Å². The lowest BCUT2D eigenvalue weighted by Gasteiger charge is -2.19. The van der Waals surface area contributed by atoms with Crippen molar-refractivity contribution in [1.29, 1.82) is 0 Å². The molecule has 0 aromatic rings. The minimum absolute atomic E-state index is 0.0792. The topological polar surface area (TPSA) is 180 Å². The molecule has 11 nitrogen and oxygen atoms in total. The molecule has 0 aromatic heterocycles. The van der Waals surface area contributed by atoms with Crippen molar-refractivity contribution in [1.82, 2.24) is 0 Å². The maximum absolute atomic E-state index is 12.5. The van der Waals surface area contributed by atoms with Crippen molar-refractivity contribution >= 4 is 19.8 Å². The highest BCUT2D eigenvalue weighted by molar-refractivity contribution is 7.46. The predicted molar refractivity (Wildman–Crippen MR) is 227 cm³/mol. The van der Waals surface area contributed by atoms with Gasteiger partial charge in [0.2, 0.25) is 0 Å². The number of carbonyl (C=O) groups excluding carboxylic acids is 2. The van der Waals surface area contributed by atoms with Crippen LogP contribution in [0.25, 0.3) is 0 Å². The molecule has 0 unspecified atom stereocenters. The summed E-state index contributed by atoms with van der Waals surface area (Å²) in [5, 5.41) is 31.2. The highest BCUT2D eigenvalue weighted by atomic mass is 31.2. The summed E-state index contributed by atoms with van der Waals surface area (Å²) < 4.78 is 26.4. The van der Waals surface area contributed by atoms with Gasteiger partial charge in [0.1, 0.15) is 6.61 Å². The molecule has 0 aromatic carbocycles.